The van der Waals surface area contributed by atoms with Crippen molar-refractivity contribution in [1.29, 1.82) is 0 Å². The average Bonchev–Trinajstić information content (AvgIpc) is 2.58. The van der Waals surface area contributed by atoms with Gasteiger partial charge in [0.15, 0.2) is 6.29 Å². The van der Waals surface area contributed by atoms with E-state index < -0.39 is 0 Å². The van der Waals surface area contributed by atoms with Crippen molar-refractivity contribution in [3.05, 3.63) is 35.9 Å². The van der Waals surface area contributed by atoms with Crippen LogP contribution in [0.1, 0.15) is 25.8 Å². The molecule has 128 valence electrons. The van der Waals surface area contributed by atoms with Crippen LogP contribution in [0.3, 0.4) is 0 Å². The van der Waals surface area contributed by atoms with E-state index in [4.69, 9.17) is 18.9 Å². The molecule has 5 heteroatoms. The van der Waals surface area contributed by atoms with Gasteiger partial charge in [-0.05, 0) is 5.56 Å². The van der Waals surface area contributed by atoms with Gasteiger partial charge in [0.1, 0.15) is 0 Å². The van der Waals surface area contributed by atoms with Crippen LogP contribution in [-0.2, 0) is 30.3 Å². The lowest BCUT2D eigenvalue weighted by molar-refractivity contribution is -0.263. The number of esters is 1. The summed E-state index contributed by atoms with van der Waals surface area (Å²) in [6.45, 7) is 4.63. The number of hydrogen-bond acceptors (Lipinski definition) is 5. The van der Waals surface area contributed by atoms with Crippen LogP contribution in [0.25, 0.3) is 0 Å². The highest BCUT2D eigenvalue weighted by molar-refractivity contribution is 5.69. The molecule has 1 aliphatic heterocycles. The van der Waals surface area contributed by atoms with Crippen molar-refractivity contribution in [2.45, 2.75) is 45.4 Å². The van der Waals surface area contributed by atoms with Crippen LogP contribution in [0, 0.1) is 11.8 Å². The lowest BCUT2D eigenvalue weighted by Gasteiger charge is -2.43. The smallest absolute Gasteiger partial charge is 0.308 e. The third kappa shape index (κ3) is 4.53. The molecule has 5 nitrogen and oxygen atoms in total. The highest BCUT2D eigenvalue weighted by Gasteiger charge is 2.43. The summed E-state index contributed by atoms with van der Waals surface area (Å²) in [6, 6.07) is 10.0. The topological polar surface area (TPSA) is 54.0 Å². The van der Waals surface area contributed by atoms with Crippen LogP contribution in [0.4, 0.5) is 0 Å². The predicted octanol–water partition coefficient (Wildman–Crippen LogP) is 2.78. The van der Waals surface area contributed by atoms with E-state index in [2.05, 4.69) is 6.92 Å². The molecule has 0 bridgehead atoms. The highest BCUT2D eigenvalue weighted by atomic mass is 16.7. The normalized spacial score (nSPS) is 30.9. The van der Waals surface area contributed by atoms with Gasteiger partial charge >= 0.3 is 5.97 Å². The van der Waals surface area contributed by atoms with E-state index in [1.54, 1.807) is 7.11 Å². The molecule has 1 aromatic carbocycles. The summed E-state index contributed by atoms with van der Waals surface area (Å²) in [6.07, 6.45) is -0.510. The molecule has 2 rings (SSSR count). The molecular formula is C18H26O5. The Hall–Kier alpha value is -1.43. The molecule has 0 aliphatic carbocycles. The average molecular weight is 322 g/mol. The Bertz CT molecular complexity index is 489. The molecule has 0 aromatic heterocycles. The summed E-state index contributed by atoms with van der Waals surface area (Å²) in [4.78, 5) is 11.6. The third-order valence-corrected chi connectivity index (χ3v) is 4.47. The molecular weight excluding hydrogens is 296 g/mol. The van der Waals surface area contributed by atoms with Crippen molar-refractivity contribution in [1.82, 2.24) is 0 Å². The van der Waals surface area contributed by atoms with Gasteiger partial charge in [0.2, 0.25) is 0 Å². The second kappa shape index (κ2) is 8.43. The van der Waals surface area contributed by atoms with Crippen LogP contribution in [-0.4, -0.2) is 38.7 Å². The molecule has 23 heavy (non-hydrogen) atoms. The number of hydrogen-bond donors (Lipinski definition) is 0. The molecule has 1 heterocycles. The van der Waals surface area contributed by atoms with Gasteiger partial charge in [-0.3, -0.25) is 4.79 Å². The largest absolute Gasteiger partial charge is 0.469 e. The minimum atomic E-state index is -0.387. The number of carbonyl (C=O) groups excluding carboxylic acids is 1. The van der Waals surface area contributed by atoms with E-state index in [1.165, 1.54) is 7.11 Å². The SMILES string of the molecule is COC(=O)C[C@@H]1OC(OC)[C@@H](C)[C@H](OCc2ccccc2)[C@@H]1C. The molecule has 0 N–H and O–H groups in total. The minimum Gasteiger partial charge on any atom is -0.469 e. The highest BCUT2D eigenvalue weighted by Crippen LogP contribution is 2.34. The maximum atomic E-state index is 11.6. The fourth-order valence-corrected chi connectivity index (χ4v) is 3.09. The van der Waals surface area contributed by atoms with Crippen LogP contribution < -0.4 is 0 Å². The molecule has 5 atom stereocenters. The number of ether oxygens (including phenoxy) is 4. The molecule has 1 unspecified atom stereocenters. The number of carbonyl (C=O) groups is 1. The maximum absolute atomic E-state index is 11.6. The second-order valence-electron chi connectivity index (χ2n) is 6.04. The zero-order chi connectivity index (χ0) is 16.8. The van der Waals surface area contributed by atoms with Crippen molar-refractivity contribution >= 4 is 5.97 Å². The van der Waals surface area contributed by atoms with Gasteiger partial charge in [0.25, 0.3) is 0 Å². The Morgan fingerprint density at radius 3 is 2.43 bits per heavy atom. The number of benzene rings is 1. The van der Waals surface area contributed by atoms with Crippen molar-refractivity contribution in [2.24, 2.45) is 11.8 Å². The molecule has 0 saturated carbocycles. The van der Waals surface area contributed by atoms with E-state index in [9.17, 15) is 4.79 Å². The first-order valence-corrected chi connectivity index (χ1v) is 7.97. The standard InChI is InChI=1S/C18H26O5/c1-12-15(10-16(19)20-3)23-18(21-4)13(2)17(12)22-11-14-8-6-5-7-9-14/h5-9,12-13,15,17-18H,10-11H2,1-4H3/t12-,13+,15+,17-,18?/m1/s1. The maximum Gasteiger partial charge on any atom is 0.308 e. The number of methoxy groups -OCH3 is 2. The molecule has 0 amide bonds. The lowest BCUT2D eigenvalue weighted by Crippen LogP contribution is -2.51. The Balaban J connectivity index is 2.05. The molecule has 1 aromatic rings. The third-order valence-electron chi connectivity index (χ3n) is 4.47. The summed E-state index contributed by atoms with van der Waals surface area (Å²) >= 11 is 0. The quantitative estimate of drug-likeness (QED) is 0.754. The van der Waals surface area contributed by atoms with Crippen molar-refractivity contribution in [3.63, 3.8) is 0 Å². The van der Waals surface area contributed by atoms with E-state index in [-0.39, 0.29) is 42.7 Å². The summed E-state index contributed by atoms with van der Waals surface area (Å²) in [5.74, 6) is -0.139. The Morgan fingerprint density at radius 2 is 1.83 bits per heavy atom. The van der Waals surface area contributed by atoms with Gasteiger partial charge in [-0.2, -0.15) is 0 Å². The summed E-state index contributed by atoms with van der Waals surface area (Å²) < 4.78 is 22.3. The van der Waals surface area contributed by atoms with Gasteiger partial charge in [0, 0.05) is 18.9 Å². The van der Waals surface area contributed by atoms with Crippen LogP contribution in [0.15, 0.2) is 30.3 Å². The molecule has 1 saturated heterocycles. The lowest BCUT2D eigenvalue weighted by atomic mass is 9.84. The van der Waals surface area contributed by atoms with Gasteiger partial charge in [0.05, 0.1) is 32.3 Å². The van der Waals surface area contributed by atoms with Gasteiger partial charge in [-0.15, -0.1) is 0 Å². The predicted molar refractivity (Wildman–Crippen MR) is 85.7 cm³/mol. The molecule has 1 fully saturated rings. The van der Waals surface area contributed by atoms with Crippen molar-refractivity contribution < 1.29 is 23.7 Å². The molecule has 0 spiro atoms. The number of rotatable bonds is 6. The Kier molecular flexibility index (Phi) is 6.57. The fourth-order valence-electron chi connectivity index (χ4n) is 3.09. The van der Waals surface area contributed by atoms with Crippen LogP contribution in [0.5, 0.6) is 0 Å². The summed E-state index contributed by atoms with van der Waals surface area (Å²) in [7, 11) is 3.00. The van der Waals surface area contributed by atoms with Gasteiger partial charge in [-0.25, -0.2) is 0 Å². The monoisotopic (exact) mass is 322 g/mol. The van der Waals surface area contributed by atoms with Gasteiger partial charge in [-0.1, -0.05) is 44.2 Å². The van der Waals surface area contributed by atoms with E-state index in [1.807, 2.05) is 37.3 Å². The van der Waals surface area contributed by atoms with Gasteiger partial charge < -0.3 is 18.9 Å². The first-order valence-electron chi connectivity index (χ1n) is 7.97. The Labute approximate surface area is 137 Å². The van der Waals surface area contributed by atoms with Crippen molar-refractivity contribution in [2.75, 3.05) is 14.2 Å². The van der Waals surface area contributed by atoms with Crippen LogP contribution in [0.2, 0.25) is 0 Å². The molecule has 1 aliphatic rings. The summed E-state index contributed by atoms with van der Waals surface area (Å²) in [5.41, 5.74) is 1.12. The van der Waals surface area contributed by atoms with Crippen LogP contribution >= 0.6 is 0 Å². The zero-order valence-electron chi connectivity index (χ0n) is 14.2. The summed E-state index contributed by atoms with van der Waals surface area (Å²) in [5, 5.41) is 0. The van der Waals surface area contributed by atoms with Crippen molar-refractivity contribution in [3.8, 4) is 0 Å². The minimum absolute atomic E-state index is 0.0523. The zero-order valence-corrected chi connectivity index (χ0v) is 14.2. The molecule has 0 radical (unpaired) electrons. The fraction of sp³-hybridized carbons (Fsp3) is 0.611. The van der Waals surface area contributed by atoms with E-state index in [0.29, 0.717) is 6.61 Å². The van der Waals surface area contributed by atoms with E-state index >= 15 is 0 Å². The first-order chi connectivity index (χ1) is 11.1. The second-order valence-corrected chi connectivity index (χ2v) is 6.04. The van der Waals surface area contributed by atoms with E-state index in [0.717, 1.165) is 5.56 Å². The Morgan fingerprint density at radius 1 is 1.13 bits per heavy atom. The first kappa shape index (κ1) is 17.9.